The number of nitrogens with zero attached hydrogens (tertiary/aromatic N) is 3. The minimum absolute atomic E-state index is 0.187. The van der Waals surface area contributed by atoms with Crippen molar-refractivity contribution >= 4 is 22.8 Å². The van der Waals surface area contributed by atoms with Crippen molar-refractivity contribution in [1.82, 2.24) is 15.0 Å². The van der Waals surface area contributed by atoms with Crippen LogP contribution in [-0.4, -0.2) is 40.1 Å². The van der Waals surface area contributed by atoms with Crippen LogP contribution < -0.4 is 0 Å². The van der Waals surface area contributed by atoms with Crippen LogP contribution in [0.3, 0.4) is 0 Å². The van der Waals surface area contributed by atoms with Crippen molar-refractivity contribution in [2.45, 2.75) is 13.8 Å². The zero-order valence-corrected chi connectivity index (χ0v) is 18.0. The molecule has 0 aliphatic rings. The quantitative estimate of drug-likeness (QED) is 0.392. The van der Waals surface area contributed by atoms with Gasteiger partial charge in [0.25, 0.3) is 0 Å². The summed E-state index contributed by atoms with van der Waals surface area (Å²) in [5.74, 6) is -1.52. The Labute approximate surface area is 189 Å². The average molecular weight is 445 g/mol. The molecular weight excluding hydrogens is 425 g/mol. The van der Waals surface area contributed by atoms with E-state index >= 15 is 0 Å². The summed E-state index contributed by atoms with van der Waals surface area (Å²) in [7, 11) is 0. The molecule has 3 heterocycles. The Morgan fingerprint density at radius 3 is 2.27 bits per heavy atom. The summed E-state index contributed by atoms with van der Waals surface area (Å²) in [5, 5.41) is 0.597. The smallest absolute Gasteiger partial charge is 0.338 e. The van der Waals surface area contributed by atoms with E-state index in [1.807, 2.05) is 0 Å². The molecule has 0 aliphatic carbocycles. The van der Waals surface area contributed by atoms with Gasteiger partial charge in [-0.1, -0.05) is 6.07 Å². The molecule has 0 bridgehead atoms. The monoisotopic (exact) mass is 445 g/mol. The van der Waals surface area contributed by atoms with E-state index in [2.05, 4.69) is 15.0 Å². The number of hydrogen-bond donors (Lipinski definition) is 0. The van der Waals surface area contributed by atoms with Gasteiger partial charge in [0.2, 0.25) is 0 Å². The van der Waals surface area contributed by atoms with Crippen molar-refractivity contribution in [1.29, 1.82) is 0 Å². The normalized spacial score (nSPS) is 10.8. The predicted octanol–water partition coefficient (Wildman–Crippen LogP) is 4.85. The van der Waals surface area contributed by atoms with Gasteiger partial charge in [-0.05, 0) is 56.3 Å². The second-order valence-electron chi connectivity index (χ2n) is 7.03. The molecule has 33 heavy (non-hydrogen) atoms. The summed E-state index contributed by atoms with van der Waals surface area (Å²) in [4.78, 5) is 38.0. The number of pyridine rings is 3. The molecule has 0 radical (unpaired) electrons. The molecule has 7 nitrogen and oxygen atoms in total. The number of carbonyl (C=O) groups is 2. The van der Waals surface area contributed by atoms with Gasteiger partial charge in [-0.3, -0.25) is 9.97 Å². The fourth-order valence-electron chi connectivity index (χ4n) is 3.40. The molecule has 0 fully saturated rings. The molecule has 3 aromatic heterocycles. The van der Waals surface area contributed by atoms with E-state index in [9.17, 15) is 14.0 Å². The maximum atomic E-state index is 14.4. The molecular formula is C25H20FN3O4. The first-order valence-electron chi connectivity index (χ1n) is 10.4. The van der Waals surface area contributed by atoms with Gasteiger partial charge < -0.3 is 9.47 Å². The van der Waals surface area contributed by atoms with Crippen molar-refractivity contribution in [3.8, 4) is 22.6 Å². The van der Waals surface area contributed by atoms with Crippen LogP contribution in [0.25, 0.3) is 33.5 Å². The molecule has 0 atom stereocenters. The van der Waals surface area contributed by atoms with Crippen LogP contribution >= 0.6 is 0 Å². The zero-order chi connectivity index (χ0) is 23.4. The third-order valence-corrected chi connectivity index (χ3v) is 4.82. The Morgan fingerprint density at radius 1 is 0.818 bits per heavy atom. The summed E-state index contributed by atoms with van der Waals surface area (Å²) >= 11 is 0. The lowest BCUT2D eigenvalue weighted by Crippen LogP contribution is -2.07. The van der Waals surface area contributed by atoms with Gasteiger partial charge in [0.05, 0.1) is 46.9 Å². The van der Waals surface area contributed by atoms with Crippen LogP contribution in [0.15, 0.2) is 60.9 Å². The Bertz CT molecular complexity index is 1360. The topological polar surface area (TPSA) is 91.3 Å². The zero-order valence-electron chi connectivity index (χ0n) is 18.0. The molecule has 0 unspecified atom stereocenters. The van der Waals surface area contributed by atoms with Gasteiger partial charge in [0, 0.05) is 23.3 Å². The largest absolute Gasteiger partial charge is 0.462 e. The lowest BCUT2D eigenvalue weighted by molar-refractivity contribution is 0.0516. The summed E-state index contributed by atoms with van der Waals surface area (Å²) in [6, 6.07) is 12.3. The van der Waals surface area contributed by atoms with Crippen LogP contribution in [0.5, 0.6) is 0 Å². The number of aromatic nitrogens is 3. The fraction of sp³-hybridized carbons (Fsp3) is 0.160. The predicted molar refractivity (Wildman–Crippen MR) is 120 cm³/mol. The molecule has 0 aliphatic heterocycles. The highest BCUT2D eigenvalue weighted by molar-refractivity contribution is 5.97. The van der Waals surface area contributed by atoms with Crippen molar-refractivity contribution in [2.75, 3.05) is 13.2 Å². The highest BCUT2D eigenvalue weighted by Gasteiger charge is 2.17. The third kappa shape index (κ3) is 4.69. The van der Waals surface area contributed by atoms with Gasteiger partial charge in [0.15, 0.2) is 0 Å². The van der Waals surface area contributed by atoms with E-state index in [-0.39, 0.29) is 18.8 Å². The second-order valence-corrected chi connectivity index (χ2v) is 7.03. The summed E-state index contributed by atoms with van der Waals surface area (Å²) in [6.07, 6.45) is 3.06. The highest BCUT2D eigenvalue weighted by Crippen LogP contribution is 2.30. The molecule has 0 saturated heterocycles. The van der Waals surface area contributed by atoms with Crippen molar-refractivity contribution in [3.05, 3.63) is 77.9 Å². The molecule has 0 N–H and O–H groups in total. The molecule has 0 amide bonds. The number of esters is 2. The highest BCUT2D eigenvalue weighted by atomic mass is 19.1. The lowest BCUT2D eigenvalue weighted by Gasteiger charge is -2.11. The maximum absolute atomic E-state index is 14.4. The van der Waals surface area contributed by atoms with E-state index in [4.69, 9.17) is 9.47 Å². The first-order valence-corrected chi connectivity index (χ1v) is 10.4. The van der Waals surface area contributed by atoms with E-state index in [1.54, 1.807) is 32.2 Å². The molecule has 0 spiro atoms. The number of rotatable bonds is 6. The molecule has 1 aromatic carbocycles. The standard InChI is InChI=1S/C25H20FN3O4/c1-3-32-24(30)16-7-9-27-21(11-16)22-13-17(25(31)33-4-2)12-20(29-22)19-14-18(26)10-15-6-5-8-28-23(15)19/h5-14H,3-4H2,1-2H3. The minimum Gasteiger partial charge on any atom is -0.462 e. The summed E-state index contributed by atoms with van der Waals surface area (Å²) < 4.78 is 24.6. The Morgan fingerprint density at radius 2 is 1.52 bits per heavy atom. The van der Waals surface area contributed by atoms with Crippen LogP contribution in [-0.2, 0) is 9.47 Å². The van der Waals surface area contributed by atoms with Crippen molar-refractivity contribution in [2.24, 2.45) is 0 Å². The number of hydrogen-bond acceptors (Lipinski definition) is 7. The number of halogens is 1. The first kappa shape index (κ1) is 22.0. The molecule has 0 saturated carbocycles. The minimum atomic E-state index is -0.558. The van der Waals surface area contributed by atoms with Crippen molar-refractivity contribution < 1.29 is 23.5 Å². The van der Waals surface area contributed by atoms with E-state index in [1.165, 1.54) is 42.6 Å². The lowest BCUT2D eigenvalue weighted by atomic mass is 10.0. The number of ether oxygens (including phenoxy) is 2. The van der Waals surface area contributed by atoms with Gasteiger partial charge in [-0.25, -0.2) is 19.0 Å². The van der Waals surface area contributed by atoms with Crippen molar-refractivity contribution in [3.63, 3.8) is 0 Å². The van der Waals surface area contributed by atoms with Gasteiger partial charge in [0.1, 0.15) is 5.82 Å². The van der Waals surface area contributed by atoms with Crippen LogP contribution in [0.2, 0.25) is 0 Å². The Balaban J connectivity index is 1.92. The Hall–Kier alpha value is -4.20. The molecule has 8 heteroatoms. The fourth-order valence-corrected chi connectivity index (χ4v) is 3.40. The van der Waals surface area contributed by atoms with Crippen LogP contribution in [0.1, 0.15) is 34.6 Å². The van der Waals surface area contributed by atoms with Crippen LogP contribution in [0.4, 0.5) is 4.39 Å². The van der Waals surface area contributed by atoms with Gasteiger partial charge >= 0.3 is 11.9 Å². The van der Waals surface area contributed by atoms with E-state index < -0.39 is 17.8 Å². The van der Waals surface area contributed by atoms with E-state index in [0.717, 1.165) is 0 Å². The first-order chi connectivity index (χ1) is 16.0. The number of fused-ring (bicyclic) bond motifs is 1. The van der Waals surface area contributed by atoms with Crippen LogP contribution in [0, 0.1) is 5.82 Å². The maximum Gasteiger partial charge on any atom is 0.338 e. The summed E-state index contributed by atoms with van der Waals surface area (Å²) in [5.41, 5.74) is 2.45. The molecule has 4 rings (SSSR count). The summed E-state index contributed by atoms with van der Waals surface area (Å²) in [6.45, 7) is 3.84. The van der Waals surface area contributed by atoms with E-state index in [0.29, 0.717) is 39.1 Å². The second kappa shape index (κ2) is 9.52. The van der Waals surface area contributed by atoms with Gasteiger partial charge in [-0.2, -0.15) is 0 Å². The third-order valence-electron chi connectivity index (χ3n) is 4.82. The molecule has 4 aromatic rings. The molecule has 166 valence electrons. The number of benzene rings is 1. The SMILES string of the molecule is CCOC(=O)c1ccnc(-c2cc(C(=O)OCC)cc(-c3cc(F)cc4cccnc34)n2)c1. The van der Waals surface area contributed by atoms with Gasteiger partial charge in [-0.15, -0.1) is 0 Å². The average Bonchev–Trinajstić information content (AvgIpc) is 2.83. The Kier molecular flexibility index (Phi) is 6.35. The number of carbonyl (C=O) groups excluding carboxylic acids is 2.